The lowest BCUT2D eigenvalue weighted by Gasteiger charge is -2.62. The first-order chi connectivity index (χ1) is 11.1. The van der Waals surface area contributed by atoms with Crippen molar-refractivity contribution in [3.05, 3.63) is 29.8 Å². The van der Waals surface area contributed by atoms with Crippen molar-refractivity contribution in [2.24, 2.45) is 5.41 Å². The van der Waals surface area contributed by atoms with Gasteiger partial charge in [-0.1, -0.05) is 12.1 Å². The Balaban J connectivity index is 2.72. The van der Waals surface area contributed by atoms with Crippen LogP contribution in [0.2, 0.25) is 0 Å². The van der Waals surface area contributed by atoms with Gasteiger partial charge in [-0.3, -0.25) is 0 Å². The molecule has 0 radical (unpaired) electrons. The summed E-state index contributed by atoms with van der Waals surface area (Å²) in [5.41, 5.74) is -9.15. The van der Waals surface area contributed by atoms with Crippen LogP contribution in [0.3, 0.4) is 0 Å². The summed E-state index contributed by atoms with van der Waals surface area (Å²) in [6.45, 7) is 0.345. The Morgan fingerprint density at radius 2 is 1.32 bits per heavy atom. The van der Waals surface area contributed by atoms with Gasteiger partial charge in [0.1, 0.15) is 11.4 Å². The van der Waals surface area contributed by atoms with Crippen LogP contribution in [0.4, 0.5) is 39.5 Å². The van der Waals surface area contributed by atoms with E-state index in [2.05, 4.69) is 4.74 Å². The van der Waals surface area contributed by atoms with Crippen LogP contribution in [-0.2, 0) is 10.3 Å². The fourth-order valence-corrected chi connectivity index (χ4v) is 3.13. The first-order valence-corrected chi connectivity index (χ1v) is 6.65. The second kappa shape index (κ2) is 5.42. The molecule has 2 atom stereocenters. The normalized spacial score (nSPS) is 26.9. The summed E-state index contributed by atoms with van der Waals surface area (Å²) in [5.74, 6) is 0.101. The SMILES string of the molecule is COc1ccc(C2(C)OC(C(F)(F)F)C2(C(F)(F)F)C(F)(F)F)cc1. The molecule has 0 amide bonds. The minimum Gasteiger partial charge on any atom is -0.497 e. The summed E-state index contributed by atoms with van der Waals surface area (Å²) in [6.07, 6.45) is -22.5. The van der Waals surface area contributed by atoms with Crippen molar-refractivity contribution in [3.8, 4) is 5.75 Å². The van der Waals surface area contributed by atoms with Crippen LogP contribution >= 0.6 is 0 Å². The molecule has 0 aliphatic carbocycles. The summed E-state index contributed by atoms with van der Waals surface area (Å²) in [4.78, 5) is 0. The van der Waals surface area contributed by atoms with Gasteiger partial charge in [-0.25, -0.2) is 0 Å². The van der Waals surface area contributed by atoms with Crippen LogP contribution < -0.4 is 4.74 Å². The molecule has 11 heteroatoms. The van der Waals surface area contributed by atoms with E-state index in [-0.39, 0.29) is 5.75 Å². The van der Waals surface area contributed by atoms with E-state index in [0.717, 1.165) is 24.3 Å². The number of ether oxygens (including phenoxy) is 2. The fraction of sp³-hybridized carbons (Fsp3) is 0.571. The Kier molecular flexibility index (Phi) is 4.27. The van der Waals surface area contributed by atoms with Gasteiger partial charge in [0.25, 0.3) is 0 Å². The monoisotopic (exact) mass is 382 g/mol. The molecule has 1 saturated heterocycles. The smallest absolute Gasteiger partial charge is 0.416 e. The summed E-state index contributed by atoms with van der Waals surface area (Å²) in [6, 6.07) is 3.67. The highest BCUT2D eigenvalue weighted by Gasteiger charge is 2.92. The van der Waals surface area contributed by atoms with Crippen molar-refractivity contribution in [2.45, 2.75) is 37.2 Å². The summed E-state index contributed by atoms with van der Waals surface area (Å²) >= 11 is 0. The number of benzene rings is 1. The minimum absolute atomic E-state index is 0.101. The van der Waals surface area contributed by atoms with E-state index >= 15 is 0 Å². The molecule has 0 N–H and O–H groups in total. The lowest BCUT2D eigenvalue weighted by atomic mass is 9.59. The predicted octanol–water partition coefficient (Wildman–Crippen LogP) is 4.98. The van der Waals surface area contributed by atoms with E-state index in [1.165, 1.54) is 7.11 Å². The highest BCUT2D eigenvalue weighted by molar-refractivity contribution is 5.37. The molecule has 142 valence electrons. The Morgan fingerprint density at radius 3 is 1.64 bits per heavy atom. The number of hydrogen-bond acceptors (Lipinski definition) is 2. The van der Waals surface area contributed by atoms with Gasteiger partial charge in [0, 0.05) is 0 Å². The van der Waals surface area contributed by atoms with Gasteiger partial charge in [0.2, 0.25) is 5.41 Å². The summed E-state index contributed by atoms with van der Waals surface area (Å²) in [7, 11) is 1.20. The van der Waals surface area contributed by atoms with Crippen molar-refractivity contribution in [2.75, 3.05) is 7.11 Å². The molecule has 2 nitrogen and oxygen atoms in total. The molecule has 0 bridgehead atoms. The molecule has 1 aliphatic heterocycles. The molecular weight excluding hydrogens is 371 g/mol. The molecule has 25 heavy (non-hydrogen) atoms. The van der Waals surface area contributed by atoms with Gasteiger partial charge in [-0.2, -0.15) is 39.5 Å². The molecular formula is C14H11F9O2. The molecule has 1 aliphatic rings. The quantitative estimate of drug-likeness (QED) is 0.672. The van der Waals surface area contributed by atoms with Gasteiger partial charge in [-0.05, 0) is 24.6 Å². The van der Waals surface area contributed by atoms with E-state index in [9.17, 15) is 39.5 Å². The maximum Gasteiger partial charge on any atom is 0.416 e. The molecule has 1 aromatic rings. The number of methoxy groups -OCH3 is 1. The average Bonchev–Trinajstić information content (AvgIpc) is 2.40. The topological polar surface area (TPSA) is 18.5 Å². The zero-order chi connectivity index (χ0) is 19.5. The van der Waals surface area contributed by atoms with Gasteiger partial charge in [0.05, 0.1) is 7.11 Å². The standard InChI is InChI=1S/C14H11F9O2/c1-10(7-3-5-8(24-2)6-4-7)11(13(18,19)20,14(21,22)23)9(25-10)12(15,16)17/h3-6,9H,1-2H3. The van der Waals surface area contributed by atoms with Crippen LogP contribution in [0.1, 0.15) is 12.5 Å². The van der Waals surface area contributed by atoms with Crippen molar-refractivity contribution in [1.29, 1.82) is 0 Å². The van der Waals surface area contributed by atoms with Gasteiger partial charge in [-0.15, -0.1) is 0 Å². The molecule has 1 aromatic carbocycles. The molecule has 1 heterocycles. The third-order valence-corrected chi connectivity index (χ3v) is 4.33. The van der Waals surface area contributed by atoms with Gasteiger partial charge < -0.3 is 9.47 Å². The van der Waals surface area contributed by atoms with Crippen LogP contribution in [0.25, 0.3) is 0 Å². The lowest BCUT2D eigenvalue weighted by molar-refractivity contribution is -0.525. The Hall–Kier alpha value is -1.65. The molecule has 0 aromatic heterocycles. The van der Waals surface area contributed by atoms with Crippen LogP contribution in [0.15, 0.2) is 24.3 Å². The van der Waals surface area contributed by atoms with Crippen molar-refractivity contribution < 1.29 is 49.0 Å². The van der Waals surface area contributed by atoms with E-state index < -0.39 is 41.2 Å². The zero-order valence-corrected chi connectivity index (χ0v) is 12.6. The van der Waals surface area contributed by atoms with Crippen LogP contribution in [0.5, 0.6) is 5.75 Å². The molecule has 2 rings (SSSR count). The minimum atomic E-state index is -6.27. The zero-order valence-electron chi connectivity index (χ0n) is 12.6. The fourth-order valence-electron chi connectivity index (χ4n) is 3.13. The van der Waals surface area contributed by atoms with E-state index in [4.69, 9.17) is 4.74 Å². The maximum absolute atomic E-state index is 13.4. The first-order valence-electron chi connectivity index (χ1n) is 6.65. The third-order valence-electron chi connectivity index (χ3n) is 4.33. The number of hydrogen-bond donors (Lipinski definition) is 0. The highest BCUT2D eigenvalue weighted by Crippen LogP contribution is 2.72. The molecule has 1 fully saturated rings. The van der Waals surface area contributed by atoms with E-state index in [0.29, 0.717) is 6.92 Å². The Labute approximate surface area is 135 Å². The largest absolute Gasteiger partial charge is 0.497 e. The number of alkyl halides is 9. The van der Waals surface area contributed by atoms with Crippen LogP contribution in [0, 0.1) is 5.41 Å². The number of halogens is 9. The van der Waals surface area contributed by atoms with Crippen molar-refractivity contribution in [3.63, 3.8) is 0 Å². The van der Waals surface area contributed by atoms with E-state index in [1.807, 2.05) is 0 Å². The predicted molar refractivity (Wildman–Crippen MR) is 65.8 cm³/mol. The lowest BCUT2D eigenvalue weighted by Crippen LogP contribution is -2.80. The second-order valence-corrected chi connectivity index (χ2v) is 5.60. The Bertz CT molecular complexity index is 616. The molecule has 2 unspecified atom stereocenters. The van der Waals surface area contributed by atoms with Gasteiger partial charge >= 0.3 is 18.5 Å². The van der Waals surface area contributed by atoms with Crippen molar-refractivity contribution in [1.82, 2.24) is 0 Å². The van der Waals surface area contributed by atoms with Crippen LogP contribution in [-0.4, -0.2) is 31.7 Å². The maximum atomic E-state index is 13.4. The van der Waals surface area contributed by atoms with Gasteiger partial charge in [0.15, 0.2) is 6.10 Å². The molecule has 0 spiro atoms. The highest BCUT2D eigenvalue weighted by atomic mass is 19.4. The number of rotatable bonds is 2. The Morgan fingerprint density at radius 1 is 0.880 bits per heavy atom. The molecule has 0 saturated carbocycles. The third kappa shape index (κ3) is 2.54. The summed E-state index contributed by atoms with van der Waals surface area (Å²) in [5, 5.41) is 0. The second-order valence-electron chi connectivity index (χ2n) is 5.60. The first kappa shape index (κ1) is 19.7. The van der Waals surface area contributed by atoms with Crippen molar-refractivity contribution >= 4 is 0 Å². The summed E-state index contributed by atoms with van der Waals surface area (Å²) < 4.78 is 128. The van der Waals surface area contributed by atoms with E-state index in [1.54, 1.807) is 0 Å². The average molecular weight is 382 g/mol.